The van der Waals surface area contributed by atoms with Gasteiger partial charge in [-0.15, -0.1) is 0 Å². The maximum atomic E-state index is 10.2. The molecule has 0 aliphatic carbocycles. The summed E-state index contributed by atoms with van der Waals surface area (Å²) in [6.07, 6.45) is -0.605. The first-order valence-electron chi connectivity index (χ1n) is 6.75. The topological polar surface area (TPSA) is 74.9 Å². The van der Waals surface area contributed by atoms with Gasteiger partial charge in [0.25, 0.3) is 0 Å². The van der Waals surface area contributed by atoms with Gasteiger partial charge in [-0.2, -0.15) is 0 Å². The van der Waals surface area contributed by atoms with Gasteiger partial charge in [0.15, 0.2) is 5.16 Å². The molecule has 0 aliphatic heterocycles. The van der Waals surface area contributed by atoms with Crippen molar-refractivity contribution in [1.82, 2.24) is 9.97 Å². The second-order valence-electron chi connectivity index (χ2n) is 5.02. The Labute approximate surface area is 127 Å². The first-order valence-corrected chi connectivity index (χ1v) is 7.73. The second kappa shape index (κ2) is 5.79. The Morgan fingerprint density at radius 2 is 2.10 bits per heavy atom. The number of aromatic amines is 1. The molecule has 1 heterocycles. The Hall–Kier alpha value is -1.98. The van der Waals surface area contributed by atoms with E-state index in [1.54, 1.807) is 6.07 Å². The third-order valence-corrected chi connectivity index (χ3v) is 4.30. The van der Waals surface area contributed by atoms with E-state index in [0.717, 1.165) is 21.8 Å². The quantitative estimate of drug-likeness (QED) is 0.510. The number of aryl methyl sites for hydroxylation is 1. The third-order valence-electron chi connectivity index (χ3n) is 3.35. The summed E-state index contributed by atoms with van der Waals surface area (Å²) in [5.74, 6) is 0.507. The maximum absolute atomic E-state index is 10.2. The number of rotatable bonds is 4. The molecular weight excluding hydrogens is 282 g/mol. The molecule has 0 fully saturated rings. The lowest BCUT2D eigenvalue weighted by Gasteiger charge is -2.11. The van der Waals surface area contributed by atoms with Crippen LogP contribution in [0.2, 0.25) is 0 Å². The van der Waals surface area contributed by atoms with Crippen LogP contribution in [0.15, 0.2) is 47.6 Å². The van der Waals surface area contributed by atoms with E-state index in [2.05, 4.69) is 23.0 Å². The number of benzene rings is 2. The van der Waals surface area contributed by atoms with E-state index >= 15 is 0 Å². The highest BCUT2D eigenvalue weighted by Gasteiger charge is 2.12. The number of nitrogen functional groups attached to an aromatic ring is 1. The normalized spacial score (nSPS) is 12.7. The van der Waals surface area contributed by atoms with Gasteiger partial charge in [0, 0.05) is 17.0 Å². The number of anilines is 1. The summed E-state index contributed by atoms with van der Waals surface area (Å²) >= 11 is 1.49. The van der Waals surface area contributed by atoms with E-state index in [0.29, 0.717) is 11.4 Å². The van der Waals surface area contributed by atoms with Crippen molar-refractivity contribution in [3.05, 3.63) is 53.6 Å². The summed E-state index contributed by atoms with van der Waals surface area (Å²) in [4.78, 5) is 7.77. The molecule has 3 rings (SSSR count). The number of fused-ring (bicyclic) bond motifs is 1. The van der Waals surface area contributed by atoms with Gasteiger partial charge >= 0.3 is 0 Å². The van der Waals surface area contributed by atoms with Crippen LogP contribution in [0.5, 0.6) is 0 Å². The number of hydrogen-bond donors (Lipinski definition) is 3. The zero-order chi connectivity index (χ0) is 14.8. The highest BCUT2D eigenvalue weighted by atomic mass is 32.2. The van der Waals surface area contributed by atoms with E-state index in [1.807, 2.05) is 30.3 Å². The predicted octanol–water partition coefficient (Wildman–Crippen LogP) is 3.28. The molecule has 0 bridgehead atoms. The van der Waals surface area contributed by atoms with Crippen molar-refractivity contribution in [1.29, 1.82) is 0 Å². The highest BCUT2D eigenvalue weighted by molar-refractivity contribution is 7.99. The molecule has 0 saturated carbocycles. The average molecular weight is 299 g/mol. The fraction of sp³-hybridized carbons (Fsp3) is 0.188. The lowest BCUT2D eigenvalue weighted by Crippen LogP contribution is -2.04. The van der Waals surface area contributed by atoms with Gasteiger partial charge in [0.1, 0.15) is 0 Å². The smallest absolute Gasteiger partial charge is 0.166 e. The molecule has 4 N–H and O–H groups in total. The summed E-state index contributed by atoms with van der Waals surface area (Å²) in [5.41, 5.74) is 10.4. The summed E-state index contributed by atoms with van der Waals surface area (Å²) in [6, 6.07) is 13.5. The standard InChI is InChI=1S/C16H17N3OS/c1-10-6-7-13-14(8-10)19-16(18-13)21-9-15(20)11-4-2-3-5-12(11)17/h2-8,15,20H,9,17H2,1H3,(H,18,19). The molecule has 0 radical (unpaired) electrons. The summed E-state index contributed by atoms with van der Waals surface area (Å²) in [5, 5.41) is 11.0. The first kappa shape index (κ1) is 14.0. The fourth-order valence-electron chi connectivity index (χ4n) is 2.23. The van der Waals surface area contributed by atoms with Crippen molar-refractivity contribution in [3.63, 3.8) is 0 Å². The molecule has 21 heavy (non-hydrogen) atoms. The number of nitrogens with zero attached hydrogens (tertiary/aromatic N) is 1. The number of nitrogens with two attached hydrogens (primary N) is 1. The minimum atomic E-state index is -0.605. The zero-order valence-corrected chi connectivity index (χ0v) is 12.5. The number of para-hydroxylation sites is 1. The number of aliphatic hydroxyl groups excluding tert-OH is 1. The number of aromatic nitrogens is 2. The van der Waals surface area contributed by atoms with Crippen molar-refractivity contribution in [2.75, 3.05) is 11.5 Å². The molecule has 0 spiro atoms. The van der Waals surface area contributed by atoms with E-state index in [9.17, 15) is 5.11 Å². The van der Waals surface area contributed by atoms with Crippen LogP contribution in [0.3, 0.4) is 0 Å². The number of hydrogen-bond acceptors (Lipinski definition) is 4. The molecule has 1 unspecified atom stereocenters. The molecule has 108 valence electrons. The Balaban J connectivity index is 1.73. The molecule has 5 heteroatoms. The van der Waals surface area contributed by atoms with Crippen molar-refractivity contribution in [2.24, 2.45) is 0 Å². The van der Waals surface area contributed by atoms with Crippen molar-refractivity contribution < 1.29 is 5.11 Å². The van der Waals surface area contributed by atoms with Gasteiger partial charge in [0.2, 0.25) is 0 Å². The Morgan fingerprint density at radius 3 is 2.90 bits per heavy atom. The van der Waals surface area contributed by atoms with Gasteiger partial charge in [-0.05, 0) is 30.7 Å². The average Bonchev–Trinajstić information content (AvgIpc) is 2.87. The third kappa shape index (κ3) is 3.04. The predicted molar refractivity (Wildman–Crippen MR) is 87.4 cm³/mol. The Kier molecular flexibility index (Phi) is 3.86. The maximum Gasteiger partial charge on any atom is 0.166 e. The largest absolute Gasteiger partial charge is 0.398 e. The Morgan fingerprint density at radius 1 is 1.29 bits per heavy atom. The molecule has 2 aromatic carbocycles. The second-order valence-corrected chi connectivity index (χ2v) is 6.03. The minimum absolute atomic E-state index is 0.507. The van der Waals surface area contributed by atoms with Crippen LogP contribution in [-0.2, 0) is 0 Å². The molecule has 4 nitrogen and oxygen atoms in total. The van der Waals surface area contributed by atoms with Crippen LogP contribution in [0.4, 0.5) is 5.69 Å². The molecule has 1 aromatic heterocycles. The number of nitrogens with one attached hydrogen (secondary N) is 1. The number of imidazole rings is 1. The van der Waals surface area contributed by atoms with Crippen LogP contribution in [0, 0.1) is 6.92 Å². The van der Waals surface area contributed by atoms with Gasteiger partial charge in [-0.3, -0.25) is 0 Å². The van der Waals surface area contributed by atoms with Gasteiger partial charge < -0.3 is 15.8 Å². The fourth-order valence-corrected chi connectivity index (χ4v) is 3.07. The van der Waals surface area contributed by atoms with Gasteiger partial charge in [0.05, 0.1) is 17.1 Å². The lowest BCUT2D eigenvalue weighted by atomic mass is 10.1. The molecular formula is C16H17N3OS. The number of aliphatic hydroxyl groups is 1. The van der Waals surface area contributed by atoms with E-state index in [-0.39, 0.29) is 0 Å². The van der Waals surface area contributed by atoms with E-state index in [4.69, 9.17) is 5.73 Å². The van der Waals surface area contributed by atoms with E-state index < -0.39 is 6.10 Å². The monoisotopic (exact) mass is 299 g/mol. The molecule has 1 atom stereocenters. The van der Waals surface area contributed by atoms with Crippen molar-refractivity contribution >= 4 is 28.5 Å². The molecule has 0 aliphatic rings. The first-order chi connectivity index (χ1) is 10.1. The van der Waals surface area contributed by atoms with Crippen molar-refractivity contribution in [3.8, 4) is 0 Å². The summed E-state index contributed by atoms with van der Waals surface area (Å²) < 4.78 is 0. The van der Waals surface area contributed by atoms with Gasteiger partial charge in [-0.1, -0.05) is 36.0 Å². The molecule has 0 saturated heterocycles. The zero-order valence-electron chi connectivity index (χ0n) is 11.7. The Bertz CT molecular complexity index is 769. The lowest BCUT2D eigenvalue weighted by molar-refractivity contribution is 0.205. The number of thioether (sulfide) groups is 1. The summed E-state index contributed by atoms with van der Waals surface area (Å²) in [7, 11) is 0. The minimum Gasteiger partial charge on any atom is -0.398 e. The van der Waals surface area contributed by atoms with Crippen LogP contribution < -0.4 is 5.73 Å². The SMILES string of the molecule is Cc1ccc2nc(SCC(O)c3ccccc3N)[nH]c2c1. The van der Waals surface area contributed by atoms with Crippen molar-refractivity contribution in [2.45, 2.75) is 18.2 Å². The van der Waals surface area contributed by atoms with Crippen LogP contribution in [0.25, 0.3) is 11.0 Å². The van der Waals surface area contributed by atoms with Gasteiger partial charge in [-0.25, -0.2) is 4.98 Å². The van der Waals surface area contributed by atoms with Crippen LogP contribution in [0.1, 0.15) is 17.2 Å². The molecule has 0 amide bonds. The highest BCUT2D eigenvalue weighted by Crippen LogP contribution is 2.27. The summed E-state index contributed by atoms with van der Waals surface area (Å²) in [6.45, 7) is 2.05. The van der Waals surface area contributed by atoms with Crippen LogP contribution in [-0.4, -0.2) is 20.8 Å². The van der Waals surface area contributed by atoms with E-state index in [1.165, 1.54) is 17.3 Å². The van der Waals surface area contributed by atoms with Crippen LogP contribution >= 0.6 is 11.8 Å². The molecule has 3 aromatic rings. The number of H-pyrrole nitrogens is 1.